The summed E-state index contributed by atoms with van der Waals surface area (Å²) in [5.74, 6) is -0.667. The largest absolute Gasteiger partial charge is 0.466 e. The Hall–Kier alpha value is -2.24. The van der Waals surface area contributed by atoms with Crippen LogP contribution in [0.25, 0.3) is 0 Å². The first-order valence-electron chi connectivity index (χ1n) is 4.32. The Bertz CT molecular complexity index is 416. The van der Waals surface area contributed by atoms with Crippen molar-refractivity contribution in [3.8, 4) is 5.88 Å². The Labute approximate surface area is 91.2 Å². The molecule has 0 aliphatic heterocycles. The number of carbonyl (C=O) groups excluding carboxylic acids is 3. The number of methoxy groups -OCH3 is 1. The van der Waals surface area contributed by atoms with E-state index in [1.54, 1.807) is 0 Å². The molecule has 0 unspecified atom stereocenters. The minimum atomic E-state index is -0.602. The van der Waals surface area contributed by atoms with Crippen molar-refractivity contribution in [2.24, 2.45) is 0 Å². The molecule has 0 aromatic carbocycles. The Balaban J connectivity index is 2.91. The molecule has 0 saturated carbocycles. The highest BCUT2D eigenvalue weighted by molar-refractivity contribution is 5.92. The monoisotopic (exact) mass is 223 g/mol. The summed E-state index contributed by atoms with van der Waals surface area (Å²) in [7, 11) is 1.21. The van der Waals surface area contributed by atoms with Gasteiger partial charge < -0.3 is 9.47 Å². The summed E-state index contributed by atoms with van der Waals surface area (Å²) >= 11 is 0. The van der Waals surface area contributed by atoms with Crippen LogP contribution in [-0.2, 0) is 9.53 Å². The van der Waals surface area contributed by atoms with Gasteiger partial charge in [0.1, 0.15) is 0 Å². The fourth-order valence-electron chi connectivity index (χ4n) is 0.991. The molecule has 0 aliphatic rings. The zero-order valence-electron chi connectivity index (χ0n) is 8.50. The van der Waals surface area contributed by atoms with Crippen molar-refractivity contribution >= 4 is 18.5 Å². The van der Waals surface area contributed by atoms with Crippen molar-refractivity contribution in [1.29, 1.82) is 0 Å². The highest BCUT2D eigenvalue weighted by Gasteiger charge is 2.11. The van der Waals surface area contributed by atoms with Crippen LogP contribution < -0.4 is 4.74 Å². The van der Waals surface area contributed by atoms with Gasteiger partial charge in [0.2, 0.25) is 5.88 Å². The Kier molecular flexibility index (Phi) is 4.14. The molecule has 0 radical (unpaired) electrons. The lowest BCUT2D eigenvalue weighted by atomic mass is 10.2. The minimum Gasteiger partial charge on any atom is -0.466 e. The van der Waals surface area contributed by atoms with Gasteiger partial charge in [-0.25, -0.2) is 9.78 Å². The number of aldehydes is 2. The highest BCUT2D eigenvalue weighted by Crippen LogP contribution is 2.15. The van der Waals surface area contributed by atoms with Crippen LogP contribution in [0, 0.1) is 0 Å². The predicted octanol–water partition coefficient (Wildman–Crippen LogP) is 0.258. The number of pyridine rings is 1. The first kappa shape index (κ1) is 11.8. The van der Waals surface area contributed by atoms with Crippen molar-refractivity contribution in [3.05, 3.63) is 23.4 Å². The van der Waals surface area contributed by atoms with Gasteiger partial charge >= 0.3 is 5.97 Å². The summed E-state index contributed by atoms with van der Waals surface area (Å²) in [6, 6.07) is 1.38. The van der Waals surface area contributed by atoms with Gasteiger partial charge in [0.25, 0.3) is 0 Å². The number of hydrogen-bond acceptors (Lipinski definition) is 6. The van der Waals surface area contributed by atoms with Gasteiger partial charge in [-0.05, 0) is 6.07 Å². The van der Waals surface area contributed by atoms with Crippen molar-refractivity contribution < 1.29 is 23.9 Å². The second-order valence-corrected chi connectivity index (χ2v) is 2.72. The van der Waals surface area contributed by atoms with E-state index in [-0.39, 0.29) is 23.6 Å². The van der Waals surface area contributed by atoms with Crippen molar-refractivity contribution in [3.63, 3.8) is 0 Å². The quantitative estimate of drug-likeness (QED) is 0.526. The highest BCUT2D eigenvalue weighted by atomic mass is 16.6. The fraction of sp³-hybridized carbons (Fsp3) is 0.200. The minimum absolute atomic E-state index is 0.0152. The maximum atomic E-state index is 10.8. The molecule has 0 spiro atoms. The summed E-state index contributed by atoms with van der Waals surface area (Å²) in [5, 5.41) is 0. The summed E-state index contributed by atoms with van der Waals surface area (Å²) in [5.41, 5.74) is 0.172. The van der Waals surface area contributed by atoms with Crippen molar-refractivity contribution in [2.75, 3.05) is 13.7 Å². The van der Waals surface area contributed by atoms with E-state index in [9.17, 15) is 14.4 Å². The normalized spacial score (nSPS) is 9.31. The first-order chi connectivity index (χ1) is 7.72. The third kappa shape index (κ3) is 2.63. The second-order valence-electron chi connectivity index (χ2n) is 2.72. The maximum Gasteiger partial charge on any atom is 0.343 e. The van der Waals surface area contributed by atoms with E-state index < -0.39 is 5.97 Å². The molecular weight excluding hydrogens is 214 g/mol. The molecule has 1 aromatic rings. The summed E-state index contributed by atoms with van der Waals surface area (Å²) in [4.78, 5) is 35.9. The number of carbonyl (C=O) groups is 3. The average Bonchev–Trinajstić information content (AvgIpc) is 2.34. The standard InChI is InChI=1S/C10H9NO5/c1-15-9(14)6-16-10-8(5-13)7(4-12)2-3-11-10/h2-5H,6H2,1H3. The van der Waals surface area contributed by atoms with Gasteiger partial charge in [-0.15, -0.1) is 0 Å². The molecule has 1 heterocycles. The van der Waals surface area contributed by atoms with E-state index in [0.717, 1.165) is 0 Å². The molecule has 0 saturated heterocycles. The molecule has 6 heteroatoms. The zero-order valence-corrected chi connectivity index (χ0v) is 8.50. The molecule has 0 aliphatic carbocycles. The number of nitrogens with zero attached hydrogens (tertiary/aromatic N) is 1. The Morgan fingerprint density at radius 3 is 2.75 bits per heavy atom. The molecule has 0 fully saturated rings. The molecule has 1 aromatic heterocycles. The van der Waals surface area contributed by atoms with Crippen LogP contribution in [0.5, 0.6) is 5.88 Å². The molecule has 0 N–H and O–H groups in total. The van der Waals surface area contributed by atoms with E-state index in [1.807, 2.05) is 0 Å². The van der Waals surface area contributed by atoms with Crippen LogP contribution >= 0.6 is 0 Å². The average molecular weight is 223 g/mol. The molecule has 1 rings (SSSR count). The van der Waals surface area contributed by atoms with Crippen LogP contribution in [0.15, 0.2) is 12.3 Å². The van der Waals surface area contributed by atoms with E-state index in [2.05, 4.69) is 9.72 Å². The molecular formula is C10H9NO5. The van der Waals surface area contributed by atoms with Crippen LogP contribution in [0.4, 0.5) is 0 Å². The van der Waals surface area contributed by atoms with Gasteiger partial charge in [0.05, 0.1) is 12.7 Å². The number of rotatable bonds is 5. The first-order valence-corrected chi connectivity index (χ1v) is 4.32. The third-order valence-electron chi connectivity index (χ3n) is 1.79. The van der Waals surface area contributed by atoms with Crippen LogP contribution in [0.3, 0.4) is 0 Å². The van der Waals surface area contributed by atoms with Crippen molar-refractivity contribution in [1.82, 2.24) is 4.98 Å². The Morgan fingerprint density at radius 1 is 1.44 bits per heavy atom. The number of ether oxygens (including phenoxy) is 2. The van der Waals surface area contributed by atoms with Gasteiger partial charge in [-0.1, -0.05) is 0 Å². The van der Waals surface area contributed by atoms with Crippen molar-refractivity contribution in [2.45, 2.75) is 0 Å². The third-order valence-corrected chi connectivity index (χ3v) is 1.79. The molecule has 84 valence electrons. The molecule has 0 atom stereocenters. The summed E-state index contributed by atoms with van der Waals surface area (Å²) in [6.07, 6.45) is 2.27. The second kappa shape index (κ2) is 5.59. The molecule has 6 nitrogen and oxygen atoms in total. The zero-order chi connectivity index (χ0) is 12.0. The maximum absolute atomic E-state index is 10.8. The number of esters is 1. The van der Waals surface area contributed by atoms with E-state index in [4.69, 9.17) is 4.74 Å². The molecule has 16 heavy (non-hydrogen) atoms. The topological polar surface area (TPSA) is 82.6 Å². The number of aromatic nitrogens is 1. The van der Waals surface area contributed by atoms with Gasteiger partial charge in [-0.3, -0.25) is 9.59 Å². The predicted molar refractivity (Wildman–Crippen MR) is 52.5 cm³/mol. The van der Waals surface area contributed by atoms with E-state index in [0.29, 0.717) is 12.6 Å². The van der Waals surface area contributed by atoms with Gasteiger partial charge in [0.15, 0.2) is 19.2 Å². The summed E-state index contributed by atoms with van der Waals surface area (Å²) < 4.78 is 9.30. The number of hydrogen-bond donors (Lipinski definition) is 0. The van der Waals surface area contributed by atoms with Gasteiger partial charge in [0, 0.05) is 11.8 Å². The van der Waals surface area contributed by atoms with Crippen LogP contribution in [0.1, 0.15) is 20.7 Å². The Morgan fingerprint density at radius 2 is 2.19 bits per heavy atom. The van der Waals surface area contributed by atoms with Crippen LogP contribution in [-0.4, -0.2) is 37.2 Å². The SMILES string of the molecule is COC(=O)COc1nccc(C=O)c1C=O. The van der Waals surface area contributed by atoms with Gasteiger partial charge in [-0.2, -0.15) is 0 Å². The summed E-state index contributed by atoms with van der Waals surface area (Å²) in [6.45, 7) is -0.368. The smallest absolute Gasteiger partial charge is 0.343 e. The molecule has 0 amide bonds. The lowest BCUT2D eigenvalue weighted by Crippen LogP contribution is -2.14. The lowest BCUT2D eigenvalue weighted by molar-refractivity contribution is -0.143. The molecule has 0 bridgehead atoms. The lowest BCUT2D eigenvalue weighted by Gasteiger charge is -2.06. The van der Waals surface area contributed by atoms with E-state index in [1.165, 1.54) is 19.4 Å². The van der Waals surface area contributed by atoms with E-state index >= 15 is 0 Å². The van der Waals surface area contributed by atoms with Crippen LogP contribution in [0.2, 0.25) is 0 Å². The fourth-order valence-corrected chi connectivity index (χ4v) is 0.991.